The van der Waals surface area contributed by atoms with E-state index in [1.165, 1.54) is 0 Å². The summed E-state index contributed by atoms with van der Waals surface area (Å²) in [6.07, 6.45) is 0. The summed E-state index contributed by atoms with van der Waals surface area (Å²) in [5.41, 5.74) is 3.11. The Balaban J connectivity index is 1.92. The average Bonchev–Trinajstić information content (AvgIpc) is 2.68. The van der Waals surface area contributed by atoms with Crippen LogP contribution in [0.5, 0.6) is 0 Å². The van der Waals surface area contributed by atoms with Crippen LogP contribution >= 0.6 is 11.6 Å². The molecule has 4 rings (SSSR count). The average molecular weight is 409 g/mol. The van der Waals surface area contributed by atoms with E-state index in [1.54, 1.807) is 30.3 Å². The normalized spacial score (nSPS) is 11.6. The predicted octanol–water partition coefficient (Wildman–Crippen LogP) is 5.23. The summed E-state index contributed by atoms with van der Waals surface area (Å²) in [6.45, 7) is 1.99. The highest BCUT2D eigenvalue weighted by Crippen LogP contribution is 2.29. The van der Waals surface area contributed by atoms with E-state index in [9.17, 15) is 8.42 Å². The van der Waals surface area contributed by atoms with E-state index in [1.807, 2.05) is 49.4 Å². The lowest BCUT2D eigenvalue weighted by atomic mass is 10.1. The van der Waals surface area contributed by atoms with Crippen molar-refractivity contribution in [2.45, 2.75) is 17.7 Å². The lowest BCUT2D eigenvalue weighted by Gasteiger charge is -2.10. The molecule has 1 heterocycles. The van der Waals surface area contributed by atoms with Gasteiger partial charge in [-0.2, -0.15) is 0 Å². The van der Waals surface area contributed by atoms with Gasteiger partial charge in [0.2, 0.25) is 9.84 Å². The van der Waals surface area contributed by atoms with E-state index in [0.717, 1.165) is 11.1 Å². The van der Waals surface area contributed by atoms with Crippen molar-refractivity contribution in [1.82, 2.24) is 9.97 Å². The smallest absolute Gasteiger partial charge is 0.200 e. The van der Waals surface area contributed by atoms with E-state index in [2.05, 4.69) is 9.97 Å². The van der Waals surface area contributed by atoms with Crippen molar-refractivity contribution in [2.75, 3.05) is 0 Å². The zero-order chi connectivity index (χ0) is 19.7. The summed E-state index contributed by atoms with van der Waals surface area (Å²) in [4.78, 5) is 9.02. The fourth-order valence-corrected chi connectivity index (χ4v) is 4.67. The molecule has 0 saturated carbocycles. The first-order valence-electron chi connectivity index (χ1n) is 8.73. The lowest BCUT2D eigenvalue weighted by molar-refractivity contribution is 0.592. The van der Waals surface area contributed by atoms with Crippen molar-refractivity contribution in [3.63, 3.8) is 0 Å². The van der Waals surface area contributed by atoms with Gasteiger partial charge < -0.3 is 0 Å². The minimum Gasteiger partial charge on any atom is -0.228 e. The predicted molar refractivity (Wildman–Crippen MR) is 112 cm³/mol. The van der Waals surface area contributed by atoms with E-state index >= 15 is 0 Å². The molecule has 0 N–H and O–H groups in total. The van der Waals surface area contributed by atoms with Crippen molar-refractivity contribution in [2.24, 2.45) is 0 Å². The quantitative estimate of drug-likeness (QED) is 0.433. The summed E-state index contributed by atoms with van der Waals surface area (Å²) >= 11 is 6.12. The van der Waals surface area contributed by atoms with Gasteiger partial charge in [-0.25, -0.2) is 18.4 Å². The standard InChI is InChI=1S/C22H17ClN2O2S/c1-15-7-9-17(10-8-15)21-24-20-12-11-18(23)13-19(20)22(25-21)28(26,27)14-16-5-3-2-4-6-16/h2-13H,14H2,1H3. The topological polar surface area (TPSA) is 59.9 Å². The van der Waals surface area contributed by atoms with Gasteiger partial charge in [-0.05, 0) is 30.7 Å². The second-order valence-corrected chi connectivity index (χ2v) is 8.97. The van der Waals surface area contributed by atoms with Gasteiger partial charge in [0.25, 0.3) is 0 Å². The Morgan fingerprint density at radius 1 is 0.893 bits per heavy atom. The lowest BCUT2D eigenvalue weighted by Crippen LogP contribution is -2.09. The number of aryl methyl sites for hydroxylation is 1. The van der Waals surface area contributed by atoms with Gasteiger partial charge in [0.1, 0.15) is 0 Å². The highest BCUT2D eigenvalue weighted by molar-refractivity contribution is 7.90. The molecule has 140 valence electrons. The van der Waals surface area contributed by atoms with Gasteiger partial charge in [0, 0.05) is 16.0 Å². The molecule has 6 heteroatoms. The zero-order valence-corrected chi connectivity index (χ0v) is 16.7. The Bertz CT molecular complexity index is 1260. The number of aromatic nitrogens is 2. The number of halogens is 1. The van der Waals surface area contributed by atoms with Crippen molar-refractivity contribution in [3.05, 3.63) is 88.9 Å². The molecule has 0 aliphatic heterocycles. The third kappa shape index (κ3) is 3.77. The van der Waals surface area contributed by atoms with Crippen molar-refractivity contribution >= 4 is 32.3 Å². The van der Waals surface area contributed by atoms with Gasteiger partial charge in [-0.3, -0.25) is 0 Å². The van der Waals surface area contributed by atoms with Crippen LogP contribution in [0.4, 0.5) is 0 Å². The number of fused-ring (bicyclic) bond motifs is 1. The molecule has 0 fully saturated rings. The molecule has 0 atom stereocenters. The minimum atomic E-state index is -3.71. The van der Waals surface area contributed by atoms with Crippen molar-refractivity contribution in [1.29, 1.82) is 0 Å². The maximum absolute atomic E-state index is 13.2. The number of rotatable bonds is 4. The van der Waals surface area contributed by atoms with Crippen LogP contribution in [-0.2, 0) is 15.6 Å². The molecular formula is C22H17ClN2O2S. The Kier molecular flexibility index (Phi) is 4.87. The van der Waals surface area contributed by atoms with Crippen LogP contribution in [0, 0.1) is 6.92 Å². The Morgan fingerprint density at radius 2 is 1.61 bits per heavy atom. The molecule has 0 spiro atoms. The minimum absolute atomic E-state index is 0.000530. The van der Waals surface area contributed by atoms with Crippen LogP contribution in [-0.4, -0.2) is 18.4 Å². The number of hydrogen-bond donors (Lipinski definition) is 0. The van der Waals surface area contributed by atoms with Crippen LogP contribution in [0.1, 0.15) is 11.1 Å². The highest BCUT2D eigenvalue weighted by atomic mass is 35.5. The molecule has 4 aromatic rings. The molecule has 0 bridgehead atoms. The van der Waals surface area contributed by atoms with Crippen LogP contribution in [0.25, 0.3) is 22.3 Å². The Hall–Kier alpha value is -2.76. The molecule has 0 radical (unpaired) electrons. The second kappa shape index (κ2) is 7.34. The third-order valence-electron chi connectivity index (χ3n) is 4.43. The number of nitrogens with zero attached hydrogens (tertiary/aromatic N) is 2. The van der Waals surface area contributed by atoms with Crippen molar-refractivity contribution in [3.8, 4) is 11.4 Å². The summed E-state index contributed by atoms with van der Waals surface area (Å²) in [7, 11) is -3.71. The van der Waals surface area contributed by atoms with E-state index in [4.69, 9.17) is 11.6 Å². The second-order valence-electron chi connectivity index (χ2n) is 6.62. The molecule has 0 unspecified atom stereocenters. The molecule has 28 heavy (non-hydrogen) atoms. The Labute approximate surface area is 168 Å². The van der Waals surface area contributed by atoms with Gasteiger partial charge in [0.15, 0.2) is 10.9 Å². The monoisotopic (exact) mass is 408 g/mol. The van der Waals surface area contributed by atoms with Crippen LogP contribution < -0.4 is 0 Å². The largest absolute Gasteiger partial charge is 0.228 e. The maximum Gasteiger partial charge on any atom is 0.200 e. The van der Waals surface area contributed by atoms with Crippen molar-refractivity contribution < 1.29 is 8.42 Å². The summed E-state index contributed by atoms with van der Waals surface area (Å²) in [6, 6.07) is 21.8. The van der Waals surface area contributed by atoms with Gasteiger partial charge in [-0.1, -0.05) is 71.8 Å². The van der Waals surface area contributed by atoms with Crippen LogP contribution in [0.2, 0.25) is 5.02 Å². The molecule has 1 aromatic heterocycles. The van der Waals surface area contributed by atoms with E-state index in [0.29, 0.717) is 27.3 Å². The molecule has 0 aliphatic rings. The highest BCUT2D eigenvalue weighted by Gasteiger charge is 2.23. The maximum atomic E-state index is 13.2. The Morgan fingerprint density at radius 3 is 2.32 bits per heavy atom. The SMILES string of the molecule is Cc1ccc(-c2nc(S(=O)(=O)Cc3ccccc3)c3cc(Cl)ccc3n2)cc1. The van der Waals surface area contributed by atoms with E-state index < -0.39 is 9.84 Å². The number of benzene rings is 3. The van der Waals surface area contributed by atoms with Crippen LogP contribution in [0.3, 0.4) is 0 Å². The molecule has 0 saturated heterocycles. The number of hydrogen-bond acceptors (Lipinski definition) is 4. The van der Waals surface area contributed by atoms with Gasteiger partial charge in [0.05, 0.1) is 11.3 Å². The first kappa shape index (κ1) is 18.6. The fourth-order valence-electron chi connectivity index (χ4n) is 3.00. The third-order valence-corrected chi connectivity index (χ3v) is 6.28. The summed E-state index contributed by atoms with van der Waals surface area (Å²) in [5, 5.41) is 0.870. The fraction of sp³-hybridized carbons (Fsp3) is 0.0909. The first-order valence-corrected chi connectivity index (χ1v) is 10.8. The molecule has 0 aliphatic carbocycles. The van der Waals surface area contributed by atoms with Gasteiger partial charge in [-0.15, -0.1) is 0 Å². The zero-order valence-electron chi connectivity index (χ0n) is 15.1. The first-order chi connectivity index (χ1) is 13.4. The molecule has 3 aromatic carbocycles. The van der Waals surface area contributed by atoms with E-state index in [-0.39, 0.29) is 10.8 Å². The van der Waals surface area contributed by atoms with Crippen LogP contribution in [0.15, 0.2) is 77.8 Å². The molecule has 4 nitrogen and oxygen atoms in total. The van der Waals surface area contributed by atoms with Gasteiger partial charge >= 0.3 is 0 Å². The summed E-state index contributed by atoms with van der Waals surface area (Å²) in [5.74, 6) is 0.237. The molecular weight excluding hydrogens is 392 g/mol. The number of sulfone groups is 1. The molecule has 0 amide bonds. The summed E-state index contributed by atoms with van der Waals surface area (Å²) < 4.78 is 26.5.